The molecule has 0 atom stereocenters. The van der Waals surface area contributed by atoms with Gasteiger partial charge in [-0.15, -0.1) is 0 Å². The minimum absolute atomic E-state index is 0.531. The van der Waals surface area contributed by atoms with Gasteiger partial charge in [0.1, 0.15) is 5.75 Å². The normalized spacial score (nSPS) is 17.6. The quantitative estimate of drug-likeness (QED) is 0.776. The minimum Gasteiger partial charge on any atom is -0.479 e. The molecule has 0 aliphatic heterocycles. The van der Waals surface area contributed by atoms with E-state index in [2.05, 4.69) is 15.9 Å². The molecule has 1 aliphatic carbocycles. The molecule has 0 amide bonds. The molecule has 2 nitrogen and oxygen atoms in total. The van der Waals surface area contributed by atoms with Crippen LogP contribution in [0.2, 0.25) is 0 Å². The number of benzene rings is 1. The molecule has 0 N–H and O–H groups in total. The van der Waals surface area contributed by atoms with Crippen LogP contribution in [0.1, 0.15) is 18.4 Å². The fourth-order valence-corrected chi connectivity index (χ4v) is 1.60. The molecule has 0 heterocycles. The van der Waals surface area contributed by atoms with Gasteiger partial charge in [0.2, 0.25) is 0 Å². The first kappa shape index (κ1) is 9.71. The van der Waals surface area contributed by atoms with E-state index in [1.54, 1.807) is 0 Å². The van der Waals surface area contributed by atoms with E-state index in [0.717, 1.165) is 34.9 Å². The summed E-state index contributed by atoms with van der Waals surface area (Å²) in [6.45, 7) is 2.00. The van der Waals surface area contributed by atoms with Crippen LogP contribution in [0.15, 0.2) is 22.7 Å². The van der Waals surface area contributed by atoms with Gasteiger partial charge in [-0.25, -0.2) is 0 Å². The SMILES string of the molecule is Cc1ccc(Br)c(OC2(C=O)CC2)c1. The van der Waals surface area contributed by atoms with Gasteiger partial charge in [-0.2, -0.15) is 0 Å². The molecule has 1 aromatic carbocycles. The predicted molar refractivity (Wildman–Crippen MR) is 57.5 cm³/mol. The van der Waals surface area contributed by atoms with E-state index < -0.39 is 5.60 Å². The zero-order chi connectivity index (χ0) is 10.2. The third-order valence-corrected chi connectivity index (χ3v) is 3.01. The largest absolute Gasteiger partial charge is 0.479 e. The van der Waals surface area contributed by atoms with Gasteiger partial charge in [-0.3, -0.25) is 4.79 Å². The van der Waals surface area contributed by atoms with Crippen molar-refractivity contribution in [3.63, 3.8) is 0 Å². The molecule has 0 radical (unpaired) electrons. The first-order valence-corrected chi connectivity index (χ1v) is 5.36. The maximum Gasteiger partial charge on any atom is 0.164 e. The number of carbonyl (C=O) groups excluding carboxylic acids is 1. The highest BCUT2D eigenvalue weighted by Crippen LogP contribution is 2.40. The molecule has 1 aromatic rings. The molecule has 74 valence electrons. The first-order valence-electron chi connectivity index (χ1n) is 4.57. The smallest absolute Gasteiger partial charge is 0.164 e. The van der Waals surface area contributed by atoms with Crippen molar-refractivity contribution < 1.29 is 9.53 Å². The maximum absolute atomic E-state index is 10.7. The Morgan fingerprint density at radius 1 is 1.50 bits per heavy atom. The summed E-state index contributed by atoms with van der Waals surface area (Å²) in [6.07, 6.45) is 2.57. The fraction of sp³-hybridized carbons (Fsp3) is 0.364. The standard InChI is InChI=1S/C11H11BrO2/c1-8-2-3-9(12)10(6-8)14-11(7-13)4-5-11/h2-3,6-7H,4-5H2,1H3. The van der Waals surface area contributed by atoms with Crippen LogP contribution < -0.4 is 4.74 Å². The lowest BCUT2D eigenvalue weighted by Gasteiger charge is -2.13. The first-order chi connectivity index (χ1) is 6.65. The summed E-state index contributed by atoms with van der Waals surface area (Å²) >= 11 is 3.40. The number of hydrogen-bond acceptors (Lipinski definition) is 2. The van der Waals surface area contributed by atoms with Crippen LogP contribution in [0.4, 0.5) is 0 Å². The Balaban J connectivity index is 2.24. The van der Waals surface area contributed by atoms with Crippen LogP contribution in [0, 0.1) is 6.92 Å². The summed E-state index contributed by atoms with van der Waals surface area (Å²) in [6, 6.07) is 5.87. The summed E-state index contributed by atoms with van der Waals surface area (Å²) < 4.78 is 6.56. The summed E-state index contributed by atoms with van der Waals surface area (Å²) in [5, 5.41) is 0. The highest BCUT2D eigenvalue weighted by Gasteiger charge is 2.45. The van der Waals surface area contributed by atoms with Crippen LogP contribution in [0.25, 0.3) is 0 Å². The molecule has 0 bridgehead atoms. The van der Waals surface area contributed by atoms with Gasteiger partial charge < -0.3 is 4.74 Å². The highest BCUT2D eigenvalue weighted by atomic mass is 79.9. The van der Waals surface area contributed by atoms with E-state index in [0.29, 0.717) is 0 Å². The van der Waals surface area contributed by atoms with E-state index in [1.165, 1.54) is 0 Å². The second-order valence-electron chi connectivity index (χ2n) is 3.72. The molecule has 0 spiro atoms. The number of ether oxygens (including phenoxy) is 1. The third-order valence-electron chi connectivity index (χ3n) is 2.36. The van der Waals surface area contributed by atoms with Crippen molar-refractivity contribution in [1.29, 1.82) is 0 Å². The minimum atomic E-state index is -0.531. The van der Waals surface area contributed by atoms with E-state index in [1.807, 2.05) is 25.1 Å². The van der Waals surface area contributed by atoms with E-state index in [9.17, 15) is 4.79 Å². The van der Waals surface area contributed by atoms with E-state index in [4.69, 9.17) is 4.74 Å². The average Bonchev–Trinajstić information content (AvgIpc) is 2.92. The Kier molecular flexibility index (Phi) is 2.35. The number of carbonyl (C=O) groups is 1. The predicted octanol–water partition coefficient (Wildman–Crippen LogP) is 2.87. The molecule has 1 aliphatic rings. The summed E-state index contributed by atoms with van der Waals surface area (Å²) in [4.78, 5) is 10.7. The van der Waals surface area contributed by atoms with Crippen LogP contribution in [-0.2, 0) is 4.79 Å². The lowest BCUT2D eigenvalue weighted by atomic mass is 10.2. The van der Waals surface area contributed by atoms with Gasteiger partial charge in [0.25, 0.3) is 0 Å². The Labute approximate surface area is 91.4 Å². The molecule has 1 fully saturated rings. The van der Waals surface area contributed by atoms with Crippen LogP contribution in [-0.4, -0.2) is 11.9 Å². The number of halogens is 1. The molecule has 2 rings (SSSR count). The second-order valence-corrected chi connectivity index (χ2v) is 4.57. The molecule has 0 unspecified atom stereocenters. The van der Waals surface area contributed by atoms with Gasteiger partial charge >= 0.3 is 0 Å². The Bertz CT molecular complexity index is 370. The van der Waals surface area contributed by atoms with Crippen molar-refractivity contribution in [1.82, 2.24) is 0 Å². The maximum atomic E-state index is 10.7. The topological polar surface area (TPSA) is 26.3 Å². The summed E-state index contributed by atoms with van der Waals surface area (Å²) in [7, 11) is 0. The van der Waals surface area contributed by atoms with Crippen molar-refractivity contribution in [3.8, 4) is 5.75 Å². The Morgan fingerprint density at radius 2 is 2.21 bits per heavy atom. The van der Waals surface area contributed by atoms with Gasteiger partial charge in [0.15, 0.2) is 11.9 Å². The molecule has 0 saturated heterocycles. The summed E-state index contributed by atoms with van der Waals surface area (Å²) in [5.74, 6) is 0.759. The van der Waals surface area contributed by atoms with Gasteiger partial charge in [-0.05, 0) is 53.4 Å². The number of aryl methyl sites for hydroxylation is 1. The summed E-state index contributed by atoms with van der Waals surface area (Å²) in [5.41, 5.74) is 0.598. The lowest BCUT2D eigenvalue weighted by molar-refractivity contribution is -0.115. The zero-order valence-corrected chi connectivity index (χ0v) is 9.50. The molecule has 14 heavy (non-hydrogen) atoms. The van der Waals surface area contributed by atoms with Crippen LogP contribution >= 0.6 is 15.9 Å². The van der Waals surface area contributed by atoms with Crippen LogP contribution in [0.3, 0.4) is 0 Å². The third kappa shape index (κ3) is 1.82. The lowest BCUT2D eigenvalue weighted by Crippen LogP contribution is -2.19. The zero-order valence-electron chi connectivity index (χ0n) is 7.92. The van der Waals surface area contributed by atoms with Crippen molar-refractivity contribution >= 4 is 22.2 Å². The highest BCUT2D eigenvalue weighted by molar-refractivity contribution is 9.10. The number of rotatable bonds is 3. The second kappa shape index (κ2) is 3.39. The molecular weight excluding hydrogens is 244 g/mol. The van der Waals surface area contributed by atoms with Crippen molar-refractivity contribution in [2.45, 2.75) is 25.4 Å². The van der Waals surface area contributed by atoms with Gasteiger partial charge in [0, 0.05) is 0 Å². The van der Waals surface area contributed by atoms with Crippen molar-refractivity contribution in [3.05, 3.63) is 28.2 Å². The number of aldehydes is 1. The monoisotopic (exact) mass is 254 g/mol. The van der Waals surface area contributed by atoms with Crippen molar-refractivity contribution in [2.75, 3.05) is 0 Å². The molecule has 1 saturated carbocycles. The Morgan fingerprint density at radius 3 is 2.79 bits per heavy atom. The van der Waals surface area contributed by atoms with Gasteiger partial charge in [0.05, 0.1) is 4.47 Å². The van der Waals surface area contributed by atoms with E-state index >= 15 is 0 Å². The fourth-order valence-electron chi connectivity index (χ4n) is 1.27. The Hall–Kier alpha value is -0.830. The molecular formula is C11H11BrO2. The van der Waals surface area contributed by atoms with Gasteiger partial charge in [-0.1, -0.05) is 6.07 Å². The molecule has 0 aromatic heterocycles. The number of hydrogen-bond donors (Lipinski definition) is 0. The molecule has 3 heteroatoms. The van der Waals surface area contributed by atoms with E-state index in [-0.39, 0.29) is 0 Å². The average molecular weight is 255 g/mol. The van der Waals surface area contributed by atoms with Crippen molar-refractivity contribution in [2.24, 2.45) is 0 Å². The van der Waals surface area contributed by atoms with Crippen LogP contribution in [0.5, 0.6) is 5.75 Å².